The smallest absolute Gasteiger partial charge is 0.367 e. The summed E-state index contributed by atoms with van der Waals surface area (Å²) in [5.41, 5.74) is 0. The Labute approximate surface area is 94.4 Å². The zero-order valence-corrected chi connectivity index (χ0v) is 10.1. The molecule has 14 heavy (non-hydrogen) atoms. The van der Waals surface area contributed by atoms with Crippen molar-refractivity contribution in [2.75, 3.05) is 20.3 Å². The molecule has 0 unspecified atom stereocenters. The first kappa shape index (κ1) is 11.6. The highest BCUT2D eigenvalue weighted by atomic mass is 79.9. The van der Waals surface area contributed by atoms with E-state index in [1.54, 1.807) is 12.5 Å². The van der Waals surface area contributed by atoms with E-state index in [0.29, 0.717) is 29.2 Å². The third-order valence-corrected chi connectivity index (χ3v) is 2.91. The van der Waals surface area contributed by atoms with Gasteiger partial charge in [-0.3, -0.25) is 0 Å². The highest BCUT2D eigenvalue weighted by molar-refractivity contribution is 9.10. The van der Waals surface area contributed by atoms with Gasteiger partial charge in [-0.05, 0) is 15.9 Å². The maximum Gasteiger partial charge on any atom is 0.367 e. The second-order valence-electron chi connectivity index (χ2n) is 2.46. The summed E-state index contributed by atoms with van der Waals surface area (Å²) < 4.78 is 10.4. The van der Waals surface area contributed by atoms with Gasteiger partial charge in [-0.1, -0.05) is 0 Å². The van der Waals surface area contributed by atoms with Crippen LogP contribution in [-0.4, -0.2) is 31.3 Å². The van der Waals surface area contributed by atoms with Gasteiger partial charge in [0.1, 0.15) is 4.60 Å². The van der Waals surface area contributed by atoms with Crippen LogP contribution in [0, 0.1) is 0 Å². The molecular weight excluding hydrogens is 270 g/mol. The fourth-order valence-electron chi connectivity index (χ4n) is 0.778. The number of thiazole rings is 1. The van der Waals surface area contributed by atoms with Crippen LogP contribution in [-0.2, 0) is 9.47 Å². The number of hydrogen-bond acceptors (Lipinski definition) is 5. The standard InChI is InChI=1S/C8H10BrNO3S/c1-12-3-2-4-13-8(11)7-10-6(9)5-14-7/h5H,2-4H2,1H3. The average Bonchev–Trinajstić information content (AvgIpc) is 2.59. The molecule has 4 nitrogen and oxygen atoms in total. The Bertz CT molecular complexity index is 303. The molecule has 0 aliphatic heterocycles. The third-order valence-electron chi connectivity index (χ3n) is 1.38. The molecule has 0 fully saturated rings. The second-order valence-corrected chi connectivity index (χ2v) is 4.13. The minimum Gasteiger partial charge on any atom is -0.460 e. The van der Waals surface area contributed by atoms with Gasteiger partial charge in [0.2, 0.25) is 5.01 Å². The predicted molar refractivity (Wildman–Crippen MR) is 56.6 cm³/mol. The third kappa shape index (κ3) is 3.73. The van der Waals surface area contributed by atoms with E-state index in [-0.39, 0.29) is 5.97 Å². The summed E-state index contributed by atoms with van der Waals surface area (Å²) in [5.74, 6) is -0.378. The number of carbonyl (C=O) groups excluding carboxylic acids is 1. The summed E-state index contributed by atoms with van der Waals surface area (Å²) in [7, 11) is 1.61. The van der Waals surface area contributed by atoms with Crippen LogP contribution in [0.2, 0.25) is 0 Å². The molecule has 1 rings (SSSR count). The van der Waals surface area contributed by atoms with Gasteiger partial charge in [0.25, 0.3) is 0 Å². The molecule has 0 saturated carbocycles. The molecule has 0 N–H and O–H groups in total. The summed E-state index contributed by atoms with van der Waals surface area (Å²) in [5, 5.41) is 2.11. The van der Waals surface area contributed by atoms with Crippen LogP contribution < -0.4 is 0 Å². The Kier molecular flexibility index (Phi) is 5.06. The number of carbonyl (C=O) groups is 1. The lowest BCUT2D eigenvalue weighted by molar-refractivity contribution is 0.0468. The Morgan fingerprint density at radius 1 is 1.64 bits per heavy atom. The van der Waals surface area contributed by atoms with E-state index < -0.39 is 0 Å². The van der Waals surface area contributed by atoms with Gasteiger partial charge in [-0.2, -0.15) is 0 Å². The van der Waals surface area contributed by atoms with E-state index in [0.717, 1.165) is 0 Å². The molecule has 0 aromatic carbocycles. The highest BCUT2D eigenvalue weighted by Gasteiger charge is 2.10. The topological polar surface area (TPSA) is 48.4 Å². The first-order chi connectivity index (χ1) is 6.74. The van der Waals surface area contributed by atoms with E-state index in [4.69, 9.17) is 9.47 Å². The maximum atomic E-state index is 11.3. The summed E-state index contributed by atoms with van der Waals surface area (Å²) >= 11 is 4.42. The molecule has 0 bridgehead atoms. The van der Waals surface area contributed by atoms with E-state index in [1.807, 2.05) is 0 Å². The Hall–Kier alpha value is -0.460. The van der Waals surface area contributed by atoms with Crippen LogP contribution in [0.25, 0.3) is 0 Å². The van der Waals surface area contributed by atoms with E-state index in [2.05, 4.69) is 20.9 Å². The van der Waals surface area contributed by atoms with Crippen molar-refractivity contribution in [2.45, 2.75) is 6.42 Å². The van der Waals surface area contributed by atoms with Crippen molar-refractivity contribution in [1.82, 2.24) is 4.98 Å². The van der Waals surface area contributed by atoms with Gasteiger partial charge < -0.3 is 9.47 Å². The zero-order chi connectivity index (χ0) is 10.4. The summed E-state index contributed by atoms with van der Waals surface area (Å²) in [6.45, 7) is 0.957. The highest BCUT2D eigenvalue weighted by Crippen LogP contribution is 2.15. The molecule has 0 radical (unpaired) electrons. The van der Waals surface area contributed by atoms with Crippen molar-refractivity contribution in [3.8, 4) is 0 Å². The van der Waals surface area contributed by atoms with Crippen LogP contribution >= 0.6 is 27.3 Å². The van der Waals surface area contributed by atoms with Crippen molar-refractivity contribution >= 4 is 33.2 Å². The van der Waals surface area contributed by atoms with Crippen molar-refractivity contribution < 1.29 is 14.3 Å². The molecule has 0 saturated heterocycles. The van der Waals surface area contributed by atoms with Crippen LogP contribution in [0.5, 0.6) is 0 Å². The molecule has 0 spiro atoms. The molecule has 1 aromatic heterocycles. The lowest BCUT2D eigenvalue weighted by atomic mass is 10.5. The monoisotopic (exact) mass is 279 g/mol. The number of methoxy groups -OCH3 is 1. The molecule has 6 heteroatoms. The molecule has 0 amide bonds. The minimum absolute atomic E-state index is 0.365. The molecule has 0 atom stereocenters. The van der Waals surface area contributed by atoms with Crippen LogP contribution in [0.3, 0.4) is 0 Å². The van der Waals surface area contributed by atoms with Gasteiger partial charge in [0.15, 0.2) is 0 Å². The quantitative estimate of drug-likeness (QED) is 0.612. The van der Waals surface area contributed by atoms with Gasteiger partial charge in [-0.15, -0.1) is 11.3 Å². The zero-order valence-electron chi connectivity index (χ0n) is 7.66. The molecular formula is C8H10BrNO3S. The number of rotatable bonds is 5. The second kappa shape index (κ2) is 6.10. The maximum absolute atomic E-state index is 11.3. The van der Waals surface area contributed by atoms with Gasteiger partial charge in [0, 0.05) is 25.5 Å². The molecule has 1 aromatic rings. The van der Waals surface area contributed by atoms with E-state index in [9.17, 15) is 4.79 Å². The van der Waals surface area contributed by atoms with Crippen molar-refractivity contribution in [2.24, 2.45) is 0 Å². The Morgan fingerprint density at radius 3 is 3.00 bits per heavy atom. The van der Waals surface area contributed by atoms with Crippen LogP contribution in [0.1, 0.15) is 16.2 Å². The van der Waals surface area contributed by atoms with Crippen molar-refractivity contribution in [3.63, 3.8) is 0 Å². The van der Waals surface area contributed by atoms with E-state index >= 15 is 0 Å². The largest absolute Gasteiger partial charge is 0.460 e. The molecule has 0 aliphatic carbocycles. The predicted octanol–water partition coefficient (Wildman–Crippen LogP) is 2.10. The number of ether oxygens (including phenoxy) is 2. The molecule has 78 valence electrons. The van der Waals surface area contributed by atoms with Crippen molar-refractivity contribution in [1.29, 1.82) is 0 Å². The number of nitrogens with zero attached hydrogens (tertiary/aromatic N) is 1. The molecule has 0 aliphatic rings. The number of esters is 1. The van der Waals surface area contributed by atoms with Crippen LogP contribution in [0.4, 0.5) is 0 Å². The fourth-order valence-corrected chi connectivity index (χ4v) is 1.92. The van der Waals surface area contributed by atoms with Gasteiger partial charge in [0.05, 0.1) is 6.61 Å². The Balaban J connectivity index is 2.29. The van der Waals surface area contributed by atoms with Crippen molar-refractivity contribution in [3.05, 3.63) is 15.0 Å². The number of aromatic nitrogens is 1. The normalized spacial score (nSPS) is 10.1. The lowest BCUT2D eigenvalue weighted by Crippen LogP contribution is -2.07. The Morgan fingerprint density at radius 2 is 2.43 bits per heavy atom. The van der Waals surface area contributed by atoms with E-state index in [1.165, 1.54) is 11.3 Å². The first-order valence-corrected chi connectivity index (χ1v) is 5.68. The molecule has 1 heterocycles. The minimum atomic E-state index is -0.378. The summed E-state index contributed by atoms with van der Waals surface area (Å²) in [6.07, 6.45) is 0.703. The van der Waals surface area contributed by atoms with Gasteiger partial charge >= 0.3 is 5.97 Å². The fraction of sp³-hybridized carbons (Fsp3) is 0.500. The average molecular weight is 280 g/mol. The number of hydrogen-bond donors (Lipinski definition) is 0. The SMILES string of the molecule is COCCCOC(=O)c1nc(Br)cs1. The number of halogens is 1. The lowest BCUT2D eigenvalue weighted by Gasteiger charge is -2.01. The summed E-state index contributed by atoms with van der Waals surface area (Å²) in [6, 6.07) is 0. The van der Waals surface area contributed by atoms with Crippen LogP contribution in [0.15, 0.2) is 9.98 Å². The first-order valence-electron chi connectivity index (χ1n) is 4.01. The van der Waals surface area contributed by atoms with Gasteiger partial charge in [-0.25, -0.2) is 9.78 Å². The summed E-state index contributed by atoms with van der Waals surface area (Å²) in [4.78, 5) is 15.2.